The summed E-state index contributed by atoms with van der Waals surface area (Å²) < 4.78 is 11.7. The number of ether oxygens (including phenoxy) is 2. The van der Waals surface area contributed by atoms with Crippen LogP contribution in [0.2, 0.25) is 10.0 Å². The molecule has 0 aliphatic carbocycles. The van der Waals surface area contributed by atoms with Gasteiger partial charge in [-0.2, -0.15) is 0 Å². The van der Waals surface area contributed by atoms with Crippen molar-refractivity contribution in [2.24, 2.45) is 0 Å². The maximum absolute atomic E-state index is 9.78. The van der Waals surface area contributed by atoms with Gasteiger partial charge in [-0.3, -0.25) is 0 Å². The zero-order valence-electron chi connectivity index (χ0n) is 14.5. The number of halogens is 2. The van der Waals surface area contributed by atoms with E-state index in [2.05, 4.69) is 6.58 Å². The number of aliphatic hydroxyl groups is 1. The van der Waals surface area contributed by atoms with Gasteiger partial charge < -0.3 is 14.6 Å². The molecule has 3 rings (SSSR count). The Bertz CT molecular complexity index is 886. The van der Waals surface area contributed by atoms with E-state index in [0.717, 1.165) is 11.1 Å². The minimum Gasteiger partial charge on any atom is -0.508 e. The van der Waals surface area contributed by atoms with Gasteiger partial charge in [-0.1, -0.05) is 66.2 Å². The second-order valence-electron chi connectivity index (χ2n) is 5.90. The number of hydrogen-bond acceptors (Lipinski definition) is 3. The zero-order valence-corrected chi connectivity index (χ0v) is 16.0. The summed E-state index contributed by atoms with van der Waals surface area (Å²) in [6, 6.07) is 20.1. The molecular formula is C22H18Cl2O3. The van der Waals surface area contributed by atoms with Crippen LogP contribution >= 0.6 is 23.2 Å². The molecule has 5 heteroatoms. The molecule has 3 aromatic carbocycles. The molecule has 0 aromatic heterocycles. The fraction of sp³-hybridized carbons (Fsp3) is 0.0909. The number of benzene rings is 3. The molecule has 0 saturated heterocycles. The highest BCUT2D eigenvalue weighted by molar-refractivity contribution is 6.31. The first kappa shape index (κ1) is 19.2. The van der Waals surface area contributed by atoms with Gasteiger partial charge in [0.2, 0.25) is 0 Å². The van der Waals surface area contributed by atoms with Crippen molar-refractivity contribution in [2.45, 2.75) is 13.2 Å². The topological polar surface area (TPSA) is 38.7 Å². The van der Waals surface area contributed by atoms with Gasteiger partial charge in [0.1, 0.15) is 30.5 Å². The zero-order chi connectivity index (χ0) is 19.2. The van der Waals surface area contributed by atoms with E-state index in [9.17, 15) is 5.11 Å². The van der Waals surface area contributed by atoms with Crippen molar-refractivity contribution >= 4 is 29.0 Å². The molecule has 0 saturated carbocycles. The van der Waals surface area contributed by atoms with Gasteiger partial charge in [0.05, 0.1) is 0 Å². The third-order valence-electron chi connectivity index (χ3n) is 3.92. The van der Waals surface area contributed by atoms with Crippen molar-refractivity contribution in [2.75, 3.05) is 0 Å². The fourth-order valence-electron chi connectivity index (χ4n) is 2.46. The maximum atomic E-state index is 9.78. The lowest BCUT2D eigenvalue weighted by Crippen LogP contribution is -2.00. The molecule has 0 aliphatic heterocycles. The molecule has 0 bridgehead atoms. The van der Waals surface area contributed by atoms with Crippen LogP contribution in [0.3, 0.4) is 0 Å². The summed E-state index contributed by atoms with van der Waals surface area (Å²) >= 11 is 12.3. The van der Waals surface area contributed by atoms with Crippen LogP contribution in [-0.4, -0.2) is 5.11 Å². The average Bonchev–Trinajstić information content (AvgIpc) is 2.66. The summed E-state index contributed by atoms with van der Waals surface area (Å²) in [5.41, 5.74) is 2.25. The van der Waals surface area contributed by atoms with E-state index < -0.39 is 0 Å². The Morgan fingerprint density at radius 2 is 1.22 bits per heavy atom. The Labute approximate surface area is 168 Å². The molecule has 0 amide bonds. The summed E-state index contributed by atoms with van der Waals surface area (Å²) in [5, 5.41) is 11.1. The van der Waals surface area contributed by atoms with Gasteiger partial charge in [-0.05, 0) is 24.3 Å². The van der Waals surface area contributed by atoms with Crippen LogP contribution in [0.15, 0.2) is 73.3 Å². The first-order chi connectivity index (χ1) is 13.0. The van der Waals surface area contributed by atoms with Crippen molar-refractivity contribution in [1.29, 1.82) is 0 Å². The molecule has 0 heterocycles. The molecule has 0 fully saturated rings. The van der Waals surface area contributed by atoms with Crippen molar-refractivity contribution < 1.29 is 14.6 Å². The summed E-state index contributed by atoms with van der Waals surface area (Å²) in [4.78, 5) is 0. The van der Waals surface area contributed by atoms with Crippen molar-refractivity contribution in [1.82, 2.24) is 0 Å². The van der Waals surface area contributed by atoms with E-state index in [1.165, 1.54) is 0 Å². The summed E-state index contributed by atoms with van der Waals surface area (Å²) in [7, 11) is 0. The first-order valence-electron chi connectivity index (χ1n) is 8.28. The third kappa shape index (κ3) is 5.19. The maximum Gasteiger partial charge on any atom is 0.124 e. The average molecular weight is 401 g/mol. The molecule has 0 aliphatic rings. The Morgan fingerprint density at radius 3 is 1.63 bits per heavy atom. The van der Waals surface area contributed by atoms with Crippen LogP contribution in [-0.2, 0) is 13.2 Å². The minimum absolute atomic E-state index is 0.0687. The van der Waals surface area contributed by atoms with Gasteiger partial charge in [-0.15, -0.1) is 0 Å². The summed E-state index contributed by atoms with van der Waals surface area (Å²) in [6.07, 6.45) is 0. The molecule has 0 atom stereocenters. The number of aliphatic hydroxyl groups excluding tert-OH is 1. The van der Waals surface area contributed by atoms with Gasteiger partial charge in [-0.25, -0.2) is 0 Å². The monoisotopic (exact) mass is 400 g/mol. The summed E-state index contributed by atoms with van der Waals surface area (Å²) in [6.45, 7) is 4.17. The SMILES string of the molecule is C=C(O)c1cc(OCc2ccccc2Cl)cc(OCc2ccccc2Cl)c1. The predicted molar refractivity (Wildman–Crippen MR) is 110 cm³/mol. The Hall–Kier alpha value is -2.62. The van der Waals surface area contributed by atoms with Crippen LogP contribution in [0, 0.1) is 0 Å². The second kappa shape index (κ2) is 8.85. The van der Waals surface area contributed by atoms with E-state index in [0.29, 0.717) is 40.3 Å². The molecule has 138 valence electrons. The van der Waals surface area contributed by atoms with Crippen LogP contribution < -0.4 is 9.47 Å². The molecule has 0 spiro atoms. The van der Waals surface area contributed by atoms with Crippen molar-refractivity contribution in [3.05, 3.63) is 100 Å². The number of hydrogen-bond donors (Lipinski definition) is 1. The number of rotatable bonds is 7. The van der Waals surface area contributed by atoms with E-state index >= 15 is 0 Å². The highest BCUT2D eigenvalue weighted by Crippen LogP contribution is 2.28. The molecule has 0 radical (unpaired) electrons. The van der Waals surface area contributed by atoms with Crippen molar-refractivity contribution in [3.63, 3.8) is 0 Å². The van der Waals surface area contributed by atoms with Crippen LogP contribution in [0.5, 0.6) is 11.5 Å². The molecule has 3 aromatic rings. The third-order valence-corrected chi connectivity index (χ3v) is 4.66. The first-order valence-corrected chi connectivity index (χ1v) is 9.04. The van der Waals surface area contributed by atoms with E-state index in [1.807, 2.05) is 48.5 Å². The smallest absolute Gasteiger partial charge is 0.124 e. The Kier molecular flexibility index (Phi) is 6.28. The van der Waals surface area contributed by atoms with Gasteiger partial charge in [0.25, 0.3) is 0 Å². The van der Waals surface area contributed by atoms with Crippen LogP contribution in [0.1, 0.15) is 16.7 Å². The van der Waals surface area contributed by atoms with Crippen LogP contribution in [0.4, 0.5) is 0 Å². The largest absolute Gasteiger partial charge is 0.508 e. The van der Waals surface area contributed by atoms with E-state index in [-0.39, 0.29) is 5.76 Å². The van der Waals surface area contributed by atoms with Crippen LogP contribution in [0.25, 0.3) is 5.76 Å². The lowest BCUT2D eigenvalue weighted by molar-refractivity contribution is 0.289. The van der Waals surface area contributed by atoms with Crippen molar-refractivity contribution in [3.8, 4) is 11.5 Å². The Morgan fingerprint density at radius 1 is 0.778 bits per heavy atom. The fourth-order valence-corrected chi connectivity index (χ4v) is 2.84. The Balaban J connectivity index is 1.77. The molecule has 27 heavy (non-hydrogen) atoms. The van der Waals surface area contributed by atoms with E-state index in [1.54, 1.807) is 18.2 Å². The highest BCUT2D eigenvalue weighted by atomic mass is 35.5. The molecule has 0 unspecified atom stereocenters. The second-order valence-corrected chi connectivity index (χ2v) is 6.71. The quantitative estimate of drug-likeness (QED) is 0.449. The van der Waals surface area contributed by atoms with Gasteiger partial charge in [0.15, 0.2) is 0 Å². The van der Waals surface area contributed by atoms with E-state index in [4.69, 9.17) is 32.7 Å². The normalized spacial score (nSPS) is 10.4. The lowest BCUT2D eigenvalue weighted by atomic mass is 10.1. The summed E-state index contributed by atoms with van der Waals surface area (Å²) in [5.74, 6) is 1.01. The highest BCUT2D eigenvalue weighted by Gasteiger charge is 2.08. The van der Waals surface area contributed by atoms with Gasteiger partial charge in [0, 0.05) is 32.8 Å². The predicted octanol–water partition coefficient (Wildman–Crippen LogP) is 6.68. The molecule has 1 N–H and O–H groups in total. The standard InChI is InChI=1S/C22H18Cl2O3/c1-15(25)18-10-19(26-13-16-6-2-4-8-21(16)23)12-20(11-18)27-14-17-7-3-5-9-22(17)24/h2-12,25H,1,13-14H2. The molecule has 3 nitrogen and oxygen atoms in total. The lowest BCUT2D eigenvalue weighted by Gasteiger charge is -2.13. The molecular weight excluding hydrogens is 383 g/mol. The minimum atomic E-state index is -0.0687. The van der Waals surface area contributed by atoms with Gasteiger partial charge >= 0.3 is 0 Å².